The number of aromatic amines is 1. The zero-order valence-electron chi connectivity index (χ0n) is 10.4. The second-order valence-corrected chi connectivity index (χ2v) is 5.50. The number of hydrogen-bond donors (Lipinski definition) is 2. The Bertz CT molecular complexity index is 497. The number of H-pyrrole nitrogens is 1. The zero-order valence-corrected chi connectivity index (χ0v) is 10.4. The summed E-state index contributed by atoms with van der Waals surface area (Å²) in [4.78, 5) is 16.2. The molecule has 2 aliphatic rings. The number of likely N-dealkylation sites (tertiary alicyclic amines) is 1. The zero-order chi connectivity index (χ0) is 13.6. The van der Waals surface area contributed by atoms with Crippen molar-refractivity contribution in [3.63, 3.8) is 0 Å². The predicted octanol–water partition coefficient (Wildman–Crippen LogP) is 1.73. The van der Waals surface area contributed by atoms with Gasteiger partial charge >= 0.3 is 0 Å². The van der Waals surface area contributed by atoms with Gasteiger partial charge in [0.25, 0.3) is 11.8 Å². The highest BCUT2D eigenvalue weighted by atomic mass is 19.3. The van der Waals surface area contributed by atoms with Gasteiger partial charge in [-0.1, -0.05) is 0 Å². The lowest BCUT2D eigenvalue weighted by Crippen LogP contribution is -2.51. The summed E-state index contributed by atoms with van der Waals surface area (Å²) < 4.78 is 26.8. The van der Waals surface area contributed by atoms with Crippen LogP contribution in [0.3, 0.4) is 0 Å². The van der Waals surface area contributed by atoms with Gasteiger partial charge in [-0.05, 0) is 24.3 Å². The van der Waals surface area contributed by atoms with Crippen LogP contribution in [-0.4, -0.2) is 46.0 Å². The van der Waals surface area contributed by atoms with E-state index in [4.69, 9.17) is 0 Å². The predicted molar refractivity (Wildman–Crippen MR) is 64.2 cm³/mol. The topological polar surface area (TPSA) is 56.3 Å². The molecule has 1 aromatic rings. The molecule has 1 amide bonds. The summed E-state index contributed by atoms with van der Waals surface area (Å²) in [5.41, 5.74) is 1.38. The Kier molecular flexibility index (Phi) is 2.85. The summed E-state index contributed by atoms with van der Waals surface area (Å²) in [5, 5.41) is 9.47. The molecule has 19 heavy (non-hydrogen) atoms. The van der Waals surface area contributed by atoms with Crippen molar-refractivity contribution >= 4 is 5.91 Å². The van der Waals surface area contributed by atoms with Crippen LogP contribution < -0.4 is 0 Å². The van der Waals surface area contributed by atoms with Gasteiger partial charge in [0, 0.05) is 25.4 Å². The van der Waals surface area contributed by atoms with Gasteiger partial charge in [0.2, 0.25) is 0 Å². The second-order valence-electron chi connectivity index (χ2n) is 5.50. The molecule has 6 heteroatoms. The molecule has 1 aliphatic carbocycles. The smallest absolute Gasteiger partial charge is 0.267 e. The SMILES string of the molecule is O=C(c1c[nH]cc1C1CC1)N1CC(O)CC(F)(F)C1. The summed E-state index contributed by atoms with van der Waals surface area (Å²) in [6.45, 7) is -0.637. The maximum absolute atomic E-state index is 13.4. The van der Waals surface area contributed by atoms with Gasteiger partial charge in [-0.15, -0.1) is 0 Å². The number of carbonyl (C=O) groups is 1. The minimum atomic E-state index is -3.01. The molecule has 1 aromatic heterocycles. The molecule has 0 bridgehead atoms. The van der Waals surface area contributed by atoms with Gasteiger partial charge in [-0.25, -0.2) is 8.78 Å². The summed E-state index contributed by atoms with van der Waals surface area (Å²) >= 11 is 0. The Labute approximate surface area is 109 Å². The minimum Gasteiger partial charge on any atom is -0.391 e. The first-order valence-corrected chi connectivity index (χ1v) is 6.48. The van der Waals surface area contributed by atoms with Gasteiger partial charge in [-0.3, -0.25) is 4.79 Å². The lowest BCUT2D eigenvalue weighted by Gasteiger charge is -2.35. The molecular formula is C13H16F2N2O2. The van der Waals surface area contributed by atoms with Crippen molar-refractivity contribution in [1.29, 1.82) is 0 Å². The number of carbonyl (C=O) groups excluding carboxylic acids is 1. The fraction of sp³-hybridized carbons (Fsp3) is 0.615. The van der Waals surface area contributed by atoms with Crippen molar-refractivity contribution in [3.05, 3.63) is 23.5 Å². The maximum atomic E-state index is 13.4. The highest BCUT2D eigenvalue weighted by Gasteiger charge is 2.42. The molecule has 104 valence electrons. The Balaban J connectivity index is 1.81. The van der Waals surface area contributed by atoms with Crippen LogP contribution in [0.25, 0.3) is 0 Å². The molecule has 2 N–H and O–H groups in total. The average molecular weight is 270 g/mol. The van der Waals surface area contributed by atoms with Crippen LogP contribution in [0.5, 0.6) is 0 Å². The second kappa shape index (κ2) is 4.30. The summed E-state index contributed by atoms with van der Waals surface area (Å²) in [6, 6.07) is 0. The van der Waals surface area contributed by atoms with Crippen LogP contribution in [0.2, 0.25) is 0 Å². The Morgan fingerprint density at radius 3 is 2.79 bits per heavy atom. The number of amides is 1. The minimum absolute atomic E-state index is 0.0241. The third-order valence-electron chi connectivity index (χ3n) is 3.70. The molecule has 1 aliphatic heterocycles. The molecule has 0 spiro atoms. The van der Waals surface area contributed by atoms with E-state index in [9.17, 15) is 18.7 Å². The van der Waals surface area contributed by atoms with Crippen LogP contribution in [0.1, 0.15) is 41.1 Å². The van der Waals surface area contributed by atoms with E-state index in [1.807, 2.05) is 0 Å². The molecule has 1 unspecified atom stereocenters. The first-order valence-electron chi connectivity index (χ1n) is 6.48. The largest absolute Gasteiger partial charge is 0.391 e. The van der Waals surface area contributed by atoms with Gasteiger partial charge in [0.15, 0.2) is 0 Å². The van der Waals surface area contributed by atoms with Crippen molar-refractivity contribution < 1.29 is 18.7 Å². The number of piperidine rings is 1. The van der Waals surface area contributed by atoms with E-state index in [0.29, 0.717) is 11.5 Å². The van der Waals surface area contributed by atoms with E-state index in [0.717, 1.165) is 23.3 Å². The highest BCUT2D eigenvalue weighted by molar-refractivity contribution is 5.96. The lowest BCUT2D eigenvalue weighted by atomic mass is 10.0. The summed E-state index contributed by atoms with van der Waals surface area (Å²) in [6.07, 6.45) is 3.68. The fourth-order valence-corrected chi connectivity index (χ4v) is 2.69. The molecule has 1 saturated heterocycles. The average Bonchev–Trinajstić information content (AvgIpc) is 3.03. The molecule has 2 fully saturated rings. The number of nitrogens with one attached hydrogen (secondary N) is 1. The number of β-amino-alcohol motifs (C(OH)–C–C–N with tert-alkyl or cyclic N) is 1. The van der Waals surface area contributed by atoms with Crippen molar-refractivity contribution in [1.82, 2.24) is 9.88 Å². The Morgan fingerprint density at radius 2 is 2.16 bits per heavy atom. The molecule has 2 heterocycles. The van der Waals surface area contributed by atoms with E-state index >= 15 is 0 Å². The van der Waals surface area contributed by atoms with Crippen LogP contribution in [0.15, 0.2) is 12.4 Å². The number of aromatic nitrogens is 1. The Morgan fingerprint density at radius 1 is 1.42 bits per heavy atom. The summed E-state index contributed by atoms with van der Waals surface area (Å²) in [7, 11) is 0. The van der Waals surface area contributed by atoms with Gasteiger partial charge in [0.05, 0.1) is 18.2 Å². The van der Waals surface area contributed by atoms with Crippen LogP contribution in [-0.2, 0) is 0 Å². The fourth-order valence-electron chi connectivity index (χ4n) is 2.69. The van der Waals surface area contributed by atoms with E-state index in [-0.39, 0.29) is 6.54 Å². The number of aliphatic hydroxyl groups excluding tert-OH is 1. The monoisotopic (exact) mass is 270 g/mol. The normalized spacial score (nSPS) is 26.5. The van der Waals surface area contributed by atoms with E-state index < -0.39 is 30.9 Å². The third-order valence-corrected chi connectivity index (χ3v) is 3.70. The lowest BCUT2D eigenvalue weighted by molar-refractivity contribution is -0.0972. The number of nitrogens with zero attached hydrogens (tertiary/aromatic N) is 1. The number of alkyl halides is 2. The molecule has 3 rings (SSSR count). The van der Waals surface area contributed by atoms with Crippen LogP contribution >= 0.6 is 0 Å². The standard InChI is InChI=1S/C13H16F2N2O2/c14-13(15)3-9(18)6-17(7-13)12(19)11-5-16-4-10(11)8-1-2-8/h4-5,8-9,16,18H,1-3,6-7H2. The number of rotatable bonds is 2. The van der Waals surface area contributed by atoms with Crippen molar-refractivity contribution in [2.24, 2.45) is 0 Å². The molecule has 4 nitrogen and oxygen atoms in total. The van der Waals surface area contributed by atoms with Gasteiger partial charge < -0.3 is 15.0 Å². The molecular weight excluding hydrogens is 254 g/mol. The Hall–Kier alpha value is -1.43. The molecule has 1 saturated carbocycles. The van der Waals surface area contributed by atoms with Crippen molar-refractivity contribution in [3.8, 4) is 0 Å². The first-order chi connectivity index (χ1) is 8.96. The highest BCUT2D eigenvalue weighted by Crippen LogP contribution is 2.42. The molecule has 0 aromatic carbocycles. The number of aliphatic hydroxyl groups is 1. The van der Waals surface area contributed by atoms with Crippen LogP contribution in [0, 0.1) is 0 Å². The van der Waals surface area contributed by atoms with E-state index in [1.165, 1.54) is 0 Å². The quantitative estimate of drug-likeness (QED) is 0.860. The van der Waals surface area contributed by atoms with Crippen molar-refractivity contribution in [2.75, 3.05) is 13.1 Å². The molecule has 1 atom stereocenters. The third kappa shape index (κ3) is 2.49. The van der Waals surface area contributed by atoms with Gasteiger partial charge in [-0.2, -0.15) is 0 Å². The first kappa shape index (κ1) is 12.6. The number of hydrogen-bond acceptors (Lipinski definition) is 2. The van der Waals surface area contributed by atoms with E-state index in [2.05, 4.69) is 4.98 Å². The molecule has 0 radical (unpaired) electrons. The van der Waals surface area contributed by atoms with E-state index in [1.54, 1.807) is 12.4 Å². The maximum Gasteiger partial charge on any atom is 0.267 e. The summed E-state index contributed by atoms with van der Waals surface area (Å²) in [5.74, 6) is -3.05. The van der Waals surface area contributed by atoms with Gasteiger partial charge in [0.1, 0.15) is 0 Å². The van der Waals surface area contributed by atoms with Crippen LogP contribution in [0.4, 0.5) is 8.78 Å². The number of halogens is 2. The van der Waals surface area contributed by atoms with Crippen molar-refractivity contribution in [2.45, 2.75) is 37.2 Å².